The average Bonchev–Trinajstić information content (AvgIpc) is 2.71. The standard InChI is InChI=1S/C22H28N4O/c1-22(2)10-9-19(17-7-3-4-8-18(17)22)25-21(27)16-6-5-13-26(15-16)20-14-23-11-12-24-20/h3-4,7-8,11-12,14,16,19H,5-6,9-10,13,15H2,1-2H3,(H,25,27)/t16-,19+/m0/s1. The minimum absolute atomic E-state index is 0.00264. The first-order valence-electron chi connectivity index (χ1n) is 9.95. The molecule has 1 amide bonds. The lowest BCUT2D eigenvalue weighted by Crippen LogP contribution is -2.45. The number of benzene rings is 1. The molecule has 1 aromatic heterocycles. The first-order valence-corrected chi connectivity index (χ1v) is 9.95. The smallest absolute Gasteiger partial charge is 0.225 e. The summed E-state index contributed by atoms with van der Waals surface area (Å²) in [5, 5.41) is 3.35. The molecule has 1 fully saturated rings. The van der Waals surface area contributed by atoms with Crippen LogP contribution in [-0.2, 0) is 10.2 Å². The second-order valence-corrected chi connectivity index (χ2v) is 8.42. The van der Waals surface area contributed by atoms with Crippen molar-refractivity contribution in [3.05, 3.63) is 54.0 Å². The van der Waals surface area contributed by atoms with Gasteiger partial charge in [0.25, 0.3) is 0 Å². The van der Waals surface area contributed by atoms with Crippen LogP contribution in [0.4, 0.5) is 5.82 Å². The highest BCUT2D eigenvalue weighted by Crippen LogP contribution is 2.41. The lowest BCUT2D eigenvalue weighted by atomic mass is 9.71. The topological polar surface area (TPSA) is 58.1 Å². The Kier molecular flexibility index (Phi) is 4.85. The Morgan fingerprint density at radius 1 is 1.22 bits per heavy atom. The summed E-state index contributed by atoms with van der Waals surface area (Å²) in [5.74, 6) is 1.03. The van der Waals surface area contributed by atoms with E-state index in [4.69, 9.17) is 0 Å². The minimum atomic E-state index is 0.00264. The molecule has 1 N–H and O–H groups in total. The quantitative estimate of drug-likeness (QED) is 0.904. The Balaban J connectivity index is 1.46. The van der Waals surface area contributed by atoms with Crippen LogP contribution in [0.15, 0.2) is 42.9 Å². The number of aromatic nitrogens is 2. The first kappa shape index (κ1) is 18.0. The Bertz CT molecular complexity index is 805. The second kappa shape index (κ2) is 7.29. The van der Waals surface area contributed by atoms with Gasteiger partial charge in [0, 0.05) is 25.5 Å². The van der Waals surface area contributed by atoms with Gasteiger partial charge in [-0.15, -0.1) is 0 Å². The van der Waals surface area contributed by atoms with Gasteiger partial charge in [0.05, 0.1) is 18.2 Å². The van der Waals surface area contributed by atoms with E-state index in [9.17, 15) is 4.79 Å². The summed E-state index contributed by atoms with van der Waals surface area (Å²) in [5.41, 5.74) is 2.82. The van der Waals surface area contributed by atoms with Crippen LogP contribution >= 0.6 is 0 Å². The largest absolute Gasteiger partial charge is 0.355 e. The SMILES string of the molecule is CC1(C)CC[C@@H](NC(=O)[C@H]2CCCN(c3cnccn3)C2)c2ccccc21. The van der Waals surface area contributed by atoms with E-state index in [0.29, 0.717) is 6.54 Å². The lowest BCUT2D eigenvalue weighted by Gasteiger charge is -2.38. The zero-order valence-electron chi connectivity index (χ0n) is 16.2. The fraction of sp³-hybridized carbons (Fsp3) is 0.500. The Morgan fingerprint density at radius 2 is 2.07 bits per heavy atom. The molecule has 5 nitrogen and oxygen atoms in total. The number of hydrogen-bond acceptors (Lipinski definition) is 4. The Morgan fingerprint density at radius 3 is 2.89 bits per heavy atom. The third-order valence-corrected chi connectivity index (χ3v) is 6.11. The van der Waals surface area contributed by atoms with E-state index >= 15 is 0 Å². The minimum Gasteiger partial charge on any atom is -0.355 e. The van der Waals surface area contributed by atoms with Gasteiger partial charge in [-0.2, -0.15) is 0 Å². The molecular formula is C22H28N4O. The van der Waals surface area contributed by atoms with Crippen molar-refractivity contribution in [2.24, 2.45) is 5.92 Å². The van der Waals surface area contributed by atoms with E-state index in [0.717, 1.165) is 38.0 Å². The predicted molar refractivity (Wildman–Crippen MR) is 107 cm³/mol. The summed E-state index contributed by atoms with van der Waals surface area (Å²) in [6, 6.07) is 8.69. The molecule has 1 aromatic carbocycles. The van der Waals surface area contributed by atoms with Crippen molar-refractivity contribution in [1.82, 2.24) is 15.3 Å². The predicted octanol–water partition coefficient (Wildman–Crippen LogP) is 3.62. The molecule has 0 spiro atoms. The van der Waals surface area contributed by atoms with Crippen molar-refractivity contribution in [3.8, 4) is 0 Å². The molecule has 0 saturated carbocycles. The number of nitrogens with one attached hydrogen (secondary N) is 1. The van der Waals surface area contributed by atoms with Crippen LogP contribution in [0.1, 0.15) is 56.7 Å². The van der Waals surface area contributed by atoms with E-state index < -0.39 is 0 Å². The number of anilines is 1. The molecule has 0 radical (unpaired) electrons. The molecule has 2 aliphatic rings. The van der Waals surface area contributed by atoms with Crippen molar-refractivity contribution in [1.29, 1.82) is 0 Å². The number of hydrogen-bond donors (Lipinski definition) is 1. The van der Waals surface area contributed by atoms with E-state index in [-0.39, 0.29) is 23.3 Å². The Labute approximate surface area is 161 Å². The summed E-state index contributed by atoms with van der Waals surface area (Å²) < 4.78 is 0. The average molecular weight is 364 g/mol. The molecule has 2 aromatic rings. The van der Waals surface area contributed by atoms with Gasteiger partial charge in [-0.3, -0.25) is 9.78 Å². The number of fused-ring (bicyclic) bond motifs is 1. The molecule has 27 heavy (non-hydrogen) atoms. The van der Waals surface area contributed by atoms with Gasteiger partial charge >= 0.3 is 0 Å². The fourth-order valence-electron chi connectivity index (χ4n) is 4.51. The van der Waals surface area contributed by atoms with Crippen LogP contribution in [0.3, 0.4) is 0 Å². The van der Waals surface area contributed by atoms with Crippen LogP contribution in [0.25, 0.3) is 0 Å². The van der Waals surface area contributed by atoms with Gasteiger partial charge < -0.3 is 10.2 Å². The highest BCUT2D eigenvalue weighted by Gasteiger charge is 2.34. The Hall–Kier alpha value is -2.43. The number of rotatable bonds is 3. The molecule has 1 aliphatic carbocycles. The third-order valence-electron chi connectivity index (χ3n) is 6.11. The summed E-state index contributed by atoms with van der Waals surface area (Å²) in [7, 11) is 0. The molecule has 5 heteroatoms. The summed E-state index contributed by atoms with van der Waals surface area (Å²) >= 11 is 0. The molecule has 2 heterocycles. The maximum atomic E-state index is 13.0. The molecule has 1 saturated heterocycles. The van der Waals surface area contributed by atoms with Crippen LogP contribution in [0.2, 0.25) is 0 Å². The van der Waals surface area contributed by atoms with Crippen LogP contribution < -0.4 is 10.2 Å². The van der Waals surface area contributed by atoms with Crippen molar-refractivity contribution in [3.63, 3.8) is 0 Å². The third kappa shape index (κ3) is 3.68. The summed E-state index contributed by atoms with van der Waals surface area (Å²) in [4.78, 5) is 23.8. The van der Waals surface area contributed by atoms with E-state index in [1.165, 1.54) is 11.1 Å². The molecule has 0 bridgehead atoms. The van der Waals surface area contributed by atoms with Crippen LogP contribution in [0, 0.1) is 5.92 Å². The maximum absolute atomic E-state index is 13.0. The summed E-state index contributed by atoms with van der Waals surface area (Å²) in [6.45, 7) is 6.24. The van der Waals surface area contributed by atoms with Crippen molar-refractivity contribution in [2.45, 2.75) is 51.0 Å². The fourth-order valence-corrected chi connectivity index (χ4v) is 4.51. The highest BCUT2D eigenvalue weighted by atomic mass is 16.2. The van der Waals surface area contributed by atoms with Gasteiger partial charge in [0.1, 0.15) is 5.82 Å². The van der Waals surface area contributed by atoms with E-state index in [1.807, 2.05) is 0 Å². The van der Waals surface area contributed by atoms with Crippen molar-refractivity contribution >= 4 is 11.7 Å². The van der Waals surface area contributed by atoms with Gasteiger partial charge in [-0.1, -0.05) is 38.1 Å². The second-order valence-electron chi connectivity index (χ2n) is 8.42. The maximum Gasteiger partial charge on any atom is 0.225 e. The zero-order chi connectivity index (χ0) is 18.9. The number of carbonyl (C=O) groups is 1. The van der Waals surface area contributed by atoms with E-state index in [1.54, 1.807) is 18.6 Å². The molecule has 1 aliphatic heterocycles. The number of amides is 1. The van der Waals surface area contributed by atoms with Crippen molar-refractivity contribution in [2.75, 3.05) is 18.0 Å². The van der Waals surface area contributed by atoms with Gasteiger partial charge in [-0.25, -0.2) is 4.98 Å². The first-order chi connectivity index (χ1) is 13.0. The van der Waals surface area contributed by atoms with Crippen LogP contribution in [0.5, 0.6) is 0 Å². The van der Waals surface area contributed by atoms with Gasteiger partial charge in [0.15, 0.2) is 0 Å². The zero-order valence-corrected chi connectivity index (χ0v) is 16.2. The van der Waals surface area contributed by atoms with Crippen molar-refractivity contribution < 1.29 is 4.79 Å². The van der Waals surface area contributed by atoms with Gasteiger partial charge in [-0.05, 0) is 42.2 Å². The molecule has 0 unspecified atom stereocenters. The number of piperidine rings is 1. The molecule has 142 valence electrons. The number of nitrogens with zero attached hydrogens (tertiary/aromatic N) is 3. The monoisotopic (exact) mass is 364 g/mol. The normalized spacial score (nSPS) is 24.1. The van der Waals surface area contributed by atoms with Gasteiger partial charge in [0.2, 0.25) is 5.91 Å². The summed E-state index contributed by atoms with van der Waals surface area (Å²) in [6.07, 6.45) is 9.19. The highest BCUT2D eigenvalue weighted by molar-refractivity contribution is 5.80. The molecular weight excluding hydrogens is 336 g/mol. The molecule has 2 atom stereocenters. The van der Waals surface area contributed by atoms with Crippen LogP contribution in [-0.4, -0.2) is 29.0 Å². The number of carbonyl (C=O) groups excluding carboxylic acids is 1. The lowest BCUT2D eigenvalue weighted by molar-refractivity contribution is -0.126. The molecule has 4 rings (SSSR count). The van der Waals surface area contributed by atoms with E-state index in [2.05, 4.69) is 58.3 Å².